The third-order valence-electron chi connectivity index (χ3n) is 3.23. The Labute approximate surface area is 128 Å². The first kappa shape index (κ1) is 15.1. The van der Waals surface area contributed by atoms with Crippen LogP contribution in [0.1, 0.15) is 27.2 Å². The van der Waals surface area contributed by atoms with Gasteiger partial charge < -0.3 is 9.47 Å². The van der Waals surface area contributed by atoms with Crippen LogP contribution in [0.5, 0.6) is 0 Å². The van der Waals surface area contributed by atoms with Crippen molar-refractivity contribution in [2.45, 2.75) is 33.2 Å². The molecule has 0 spiro atoms. The molecule has 1 aromatic carbocycles. The Kier molecular flexibility index (Phi) is 4.25. The number of aryl methyl sites for hydroxylation is 1. The molecule has 108 valence electrons. The van der Waals surface area contributed by atoms with Crippen LogP contribution in [0.25, 0.3) is 11.0 Å². The van der Waals surface area contributed by atoms with Crippen molar-refractivity contribution >= 4 is 45.8 Å². The van der Waals surface area contributed by atoms with E-state index in [1.54, 1.807) is 15.5 Å². The summed E-state index contributed by atoms with van der Waals surface area (Å²) in [6.07, 6.45) is 0.413. The number of anilines is 1. The Bertz CT molecular complexity index is 664. The number of halogens is 2. The molecule has 20 heavy (non-hydrogen) atoms. The first-order valence-electron chi connectivity index (χ1n) is 6.51. The molecule has 1 amide bonds. The summed E-state index contributed by atoms with van der Waals surface area (Å²) in [5, 5.41) is 0.892. The number of hydrogen-bond acceptors (Lipinski definition) is 2. The van der Waals surface area contributed by atoms with Gasteiger partial charge in [0, 0.05) is 19.5 Å². The summed E-state index contributed by atoms with van der Waals surface area (Å²) in [6.45, 7) is 5.75. The lowest BCUT2D eigenvalue weighted by Gasteiger charge is -2.28. The molecule has 0 saturated carbocycles. The molecule has 0 bridgehead atoms. The predicted molar refractivity (Wildman–Crippen MR) is 83.6 cm³/mol. The minimum Gasteiger partial charge on any atom is -0.316 e. The summed E-state index contributed by atoms with van der Waals surface area (Å²) in [7, 11) is 1.81. The number of aromatic nitrogens is 2. The summed E-state index contributed by atoms with van der Waals surface area (Å²) in [5.74, 6) is 0.0201. The number of amides is 1. The number of nitrogens with zero attached hydrogens (tertiary/aromatic N) is 3. The first-order chi connectivity index (χ1) is 9.38. The molecule has 1 aromatic heterocycles. The van der Waals surface area contributed by atoms with Gasteiger partial charge in [0.15, 0.2) is 0 Å². The van der Waals surface area contributed by atoms with E-state index in [0.29, 0.717) is 22.4 Å². The van der Waals surface area contributed by atoms with Crippen LogP contribution in [0.4, 0.5) is 5.69 Å². The Balaban J connectivity index is 2.80. The molecule has 6 heteroatoms. The van der Waals surface area contributed by atoms with E-state index in [4.69, 9.17) is 23.2 Å². The van der Waals surface area contributed by atoms with Crippen molar-refractivity contribution in [1.82, 2.24) is 9.55 Å². The highest BCUT2D eigenvalue weighted by Gasteiger charge is 2.24. The van der Waals surface area contributed by atoms with Crippen molar-refractivity contribution < 1.29 is 4.79 Å². The molecule has 0 N–H and O–H groups in total. The Morgan fingerprint density at radius 2 is 2.05 bits per heavy atom. The molecule has 0 unspecified atom stereocenters. The van der Waals surface area contributed by atoms with Crippen LogP contribution >= 0.6 is 23.2 Å². The van der Waals surface area contributed by atoms with Gasteiger partial charge in [-0.1, -0.05) is 18.5 Å². The standard InChI is InChI=1S/C14H17Cl2N3O/c1-5-11(20)19(8(2)3)12-9(15)6-7-10-13(12)18(4)14(16)17-10/h6-8H,5H2,1-4H3. The van der Waals surface area contributed by atoms with Gasteiger partial charge in [-0.25, -0.2) is 4.98 Å². The first-order valence-corrected chi connectivity index (χ1v) is 7.26. The van der Waals surface area contributed by atoms with Crippen molar-refractivity contribution in [2.24, 2.45) is 7.05 Å². The maximum Gasteiger partial charge on any atom is 0.227 e. The van der Waals surface area contributed by atoms with Gasteiger partial charge in [0.25, 0.3) is 0 Å². The highest BCUT2D eigenvalue weighted by atomic mass is 35.5. The van der Waals surface area contributed by atoms with Gasteiger partial charge in [-0.2, -0.15) is 0 Å². The van der Waals surface area contributed by atoms with Crippen LogP contribution in [-0.4, -0.2) is 21.5 Å². The van der Waals surface area contributed by atoms with E-state index in [0.717, 1.165) is 11.0 Å². The van der Waals surface area contributed by atoms with Gasteiger partial charge in [0.2, 0.25) is 11.2 Å². The fraction of sp³-hybridized carbons (Fsp3) is 0.429. The van der Waals surface area contributed by atoms with Crippen molar-refractivity contribution in [3.05, 3.63) is 22.4 Å². The van der Waals surface area contributed by atoms with E-state index in [1.807, 2.05) is 33.9 Å². The molecule has 0 fully saturated rings. The third kappa shape index (κ3) is 2.38. The van der Waals surface area contributed by atoms with Gasteiger partial charge in [0.05, 0.1) is 21.7 Å². The summed E-state index contributed by atoms with van der Waals surface area (Å²) in [5.41, 5.74) is 2.18. The smallest absolute Gasteiger partial charge is 0.227 e. The van der Waals surface area contributed by atoms with Gasteiger partial charge >= 0.3 is 0 Å². The van der Waals surface area contributed by atoms with Crippen LogP contribution in [0.3, 0.4) is 0 Å². The quantitative estimate of drug-likeness (QED) is 0.858. The second kappa shape index (κ2) is 5.62. The van der Waals surface area contributed by atoms with E-state index >= 15 is 0 Å². The molecule has 0 aliphatic carbocycles. The fourth-order valence-corrected chi connectivity index (χ4v) is 2.72. The van der Waals surface area contributed by atoms with Crippen molar-refractivity contribution in [2.75, 3.05) is 4.90 Å². The number of carbonyl (C=O) groups is 1. The average molecular weight is 314 g/mol. The summed E-state index contributed by atoms with van der Waals surface area (Å²) < 4.78 is 1.75. The molecule has 0 radical (unpaired) electrons. The normalized spacial score (nSPS) is 11.3. The van der Waals surface area contributed by atoms with Crippen molar-refractivity contribution in [3.63, 3.8) is 0 Å². The number of carbonyl (C=O) groups excluding carboxylic acids is 1. The third-order valence-corrected chi connectivity index (χ3v) is 3.88. The second-order valence-electron chi connectivity index (χ2n) is 4.91. The summed E-state index contributed by atoms with van der Waals surface area (Å²) in [6, 6.07) is 3.56. The van der Waals surface area contributed by atoms with E-state index < -0.39 is 0 Å². The lowest BCUT2D eigenvalue weighted by atomic mass is 10.2. The molecule has 0 aliphatic rings. The maximum absolute atomic E-state index is 12.3. The van der Waals surface area contributed by atoms with Crippen LogP contribution < -0.4 is 4.90 Å². The summed E-state index contributed by atoms with van der Waals surface area (Å²) in [4.78, 5) is 18.3. The van der Waals surface area contributed by atoms with E-state index in [9.17, 15) is 4.79 Å². The molecule has 1 heterocycles. The topological polar surface area (TPSA) is 38.1 Å². The van der Waals surface area contributed by atoms with Crippen LogP contribution in [-0.2, 0) is 11.8 Å². The number of benzene rings is 1. The Morgan fingerprint density at radius 3 is 2.60 bits per heavy atom. The van der Waals surface area contributed by atoms with E-state index in [2.05, 4.69) is 4.98 Å². The minimum absolute atomic E-state index is 0.000717. The molecule has 4 nitrogen and oxygen atoms in total. The molecule has 2 aromatic rings. The lowest BCUT2D eigenvalue weighted by molar-refractivity contribution is -0.118. The highest BCUT2D eigenvalue weighted by molar-refractivity contribution is 6.36. The van der Waals surface area contributed by atoms with Gasteiger partial charge in [-0.3, -0.25) is 4.79 Å². The second-order valence-corrected chi connectivity index (χ2v) is 5.66. The SMILES string of the molecule is CCC(=O)N(c1c(Cl)ccc2nc(Cl)n(C)c12)C(C)C. The average Bonchev–Trinajstić information content (AvgIpc) is 2.68. The van der Waals surface area contributed by atoms with Gasteiger partial charge in [-0.05, 0) is 37.6 Å². The zero-order valence-corrected chi connectivity index (χ0v) is 13.5. The molecule has 0 atom stereocenters. The largest absolute Gasteiger partial charge is 0.316 e. The zero-order chi connectivity index (χ0) is 15.0. The molecule has 0 saturated heterocycles. The summed E-state index contributed by atoms with van der Waals surface area (Å²) >= 11 is 12.4. The number of rotatable bonds is 3. The molecular formula is C14H17Cl2N3O. The highest BCUT2D eigenvalue weighted by Crippen LogP contribution is 2.36. The predicted octanol–water partition coefficient (Wildman–Crippen LogP) is 4.03. The molecule has 2 rings (SSSR count). The Morgan fingerprint density at radius 1 is 1.40 bits per heavy atom. The maximum atomic E-state index is 12.3. The van der Waals surface area contributed by atoms with Crippen molar-refractivity contribution in [1.29, 1.82) is 0 Å². The number of imidazole rings is 1. The van der Waals surface area contributed by atoms with Crippen LogP contribution in [0, 0.1) is 0 Å². The van der Waals surface area contributed by atoms with Gasteiger partial charge in [0.1, 0.15) is 0 Å². The minimum atomic E-state index is -0.000717. The zero-order valence-electron chi connectivity index (χ0n) is 11.9. The Hall–Kier alpha value is -1.26. The monoisotopic (exact) mass is 313 g/mol. The number of hydrogen-bond donors (Lipinski definition) is 0. The fourth-order valence-electron chi connectivity index (χ4n) is 2.30. The van der Waals surface area contributed by atoms with E-state index in [-0.39, 0.29) is 11.9 Å². The molecular weight excluding hydrogens is 297 g/mol. The van der Waals surface area contributed by atoms with Crippen LogP contribution in [0.2, 0.25) is 10.3 Å². The van der Waals surface area contributed by atoms with Crippen LogP contribution in [0.15, 0.2) is 12.1 Å². The number of fused-ring (bicyclic) bond motifs is 1. The van der Waals surface area contributed by atoms with E-state index in [1.165, 1.54) is 0 Å². The lowest BCUT2D eigenvalue weighted by Crippen LogP contribution is -2.37. The van der Waals surface area contributed by atoms with Gasteiger partial charge in [-0.15, -0.1) is 0 Å². The molecule has 0 aliphatic heterocycles. The van der Waals surface area contributed by atoms with Crippen molar-refractivity contribution in [3.8, 4) is 0 Å².